The van der Waals surface area contributed by atoms with Gasteiger partial charge in [0.2, 0.25) is 5.91 Å². The van der Waals surface area contributed by atoms with E-state index in [0.717, 1.165) is 31.4 Å². The van der Waals surface area contributed by atoms with Gasteiger partial charge in [-0.05, 0) is 69.5 Å². The number of hydrogen-bond donors (Lipinski definition) is 2. The average molecular weight is 538 g/mol. The van der Waals surface area contributed by atoms with Crippen LogP contribution in [0, 0.1) is 11.7 Å². The molecule has 9 heteroatoms. The summed E-state index contributed by atoms with van der Waals surface area (Å²) in [4.78, 5) is 27.5. The SMILES string of the molecule is C=C(/C=C\C(Cl)=C(/C)Cl)[C@@H]1CC1NCCCC[C@H](NC(=O)c1ccc(F)cc1)C(=O)N1CCOCC1. The number of amides is 2. The van der Waals surface area contributed by atoms with Crippen molar-refractivity contribution in [2.75, 3.05) is 32.8 Å². The van der Waals surface area contributed by atoms with Gasteiger partial charge in [0, 0.05) is 35.6 Å². The quantitative estimate of drug-likeness (QED) is 0.298. The molecule has 2 amide bonds. The molecule has 196 valence electrons. The molecular formula is C27H34Cl2FN3O3. The van der Waals surface area contributed by atoms with Crippen LogP contribution in [0.25, 0.3) is 0 Å². The van der Waals surface area contributed by atoms with Gasteiger partial charge in [0.15, 0.2) is 0 Å². The Bertz CT molecular complexity index is 986. The summed E-state index contributed by atoms with van der Waals surface area (Å²) >= 11 is 11.9. The van der Waals surface area contributed by atoms with Crippen LogP contribution in [-0.2, 0) is 9.53 Å². The van der Waals surface area contributed by atoms with Gasteiger partial charge >= 0.3 is 0 Å². The molecule has 36 heavy (non-hydrogen) atoms. The lowest BCUT2D eigenvalue weighted by atomic mass is 10.1. The number of carbonyl (C=O) groups is 2. The molecule has 1 saturated heterocycles. The number of rotatable bonds is 12. The van der Waals surface area contributed by atoms with Gasteiger partial charge in [-0.25, -0.2) is 4.39 Å². The lowest BCUT2D eigenvalue weighted by Gasteiger charge is -2.30. The van der Waals surface area contributed by atoms with E-state index in [-0.39, 0.29) is 11.8 Å². The zero-order chi connectivity index (χ0) is 26.1. The van der Waals surface area contributed by atoms with Gasteiger partial charge in [0.1, 0.15) is 11.9 Å². The summed E-state index contributed by atoms with van der Waals surface area (Å²) in [6.07, 6.45) is 6.86. The summed E-state index contributed by atoms with van der Waals surface area (Å²) in [5.41, 5.74) is 1.34. The Hall–Kier alpha value is -2.19. The Morgan fingerprint density at radius 1 is 1.19 bits per heavy atom. The zero-order valence-electron chi connectivity index (χ0n) is 20.6. The van der Waals surface area contributed by atoms with E-state index in [1.54, 1.807) is 17.9 Å². The molecule has 1 heterocycles. The van der Waals surface area contributed by atoms with E-state index >= 15 is 0 Å². The molecule has 1 aliphatic carbocycles. The highest BCUT2D eigenvalue weighted by Crippen LogP contribution is 2.37. The second-order valence-electron chi connectivity index (χ2n) is 9.16. The maximum absolute atomic E-state index is 13.2. The molecule has 1 saturated carbocycles. The first-order chi connectivity index (χ1) is 17.3. The first-order valence-electron chi connectivity index (χ1n) is 12.3. The predicted octanol–water partition coefficient (Wildman–Crippen LogP) is 4.75. The molecule has 2 N–H and O–H groups in total. The van der Waals surface area contributed by atoms with Crippen LogP contribution in [0.4, 0.5) is 4.39 Å². The van der Waals surface area contributed by atoms with Crippen molar-refractivity contribution in [1.82, 2.24) is 15.5 Å². The molecule has 0 radical (unpaired) electrons. The molecule has 3 atom stereocenters. The van der Waals surface area contributed by atoms with Crippen LogP contribution in [0.3, 0.4) is 0 Å². The van der Waals surface area contributed by atoms with Crippen molar-refractivity contribution >= 4 is 35.0 Å². The number of unbranched alkanes of at least 4 members (excludes halogenated alkanes) is 1. The minimum Gasteiger partial charge on any atom is -0.378 e. The van der Waals surface area contributed by atoms with E-state index in [2.05, 4.69) is 17.2 Å². The van der Waals surface area contributed by atoms with E-state index in [0.29, 0.717) is 60.3 Å². The maximum Gasteiger partial charge on any atom is 0.251 e. The highest BCUT2D eigenvalue weighted by Gasteiger charge is 2.37. The molecule has 0 spiro atoms. The molecule has 3 rings (SSSR count). The Morgan fingerprint density at radius 3 is 2.56 bits per heavy atom. The van der Waals surface area contributed by atoms with Crippen LogP contribution in [0.15, 0.2) is 58.6 Å². The van der Waals surface area contributed by atoms with Crippen molar-refractivity contribution < 1.29 is 18.7 Å². The third-order valence-corrected chi connectivity index (χ3v) is 7.11. The fraction of sp³-hybridized carbons (Fsp3) is 0.481. The lowest BCUT2D eigenvalue weighted by Crippen LogP contribution is -2.51. The van der Waals surface area contributed by atoms with Gasteiger partial charge in [-0.1, -0.05) is 41.4 Å². The van der Waals surface area contributed by atoms with Gasteiger partial charge in [0.25, 0.3) is 5.91 Å². The molecular weight excluding hydrogens is 504 g/mol. The van der Waals surface area contributed by atoms with Crippen molar-refractivity contribution in [3.63, 3.8) is 0 Å². The Balaban J connectivity index is 1.45. The molecule has 2 fully saturated rings. The molecule has 2 aliphatic rings. The number of ether oxygens (including phenoxy) is 1. The highest BCUT2D eigenvalue weighted by molar-refractivity contribution is 6.39. The van der Waals surface area contributed by atoms with Crippen molar-refractivity contribution in [1.29, 1.82) is 0 Å². The van der Waals surface area contributed by atoms with Gasteiger partial charge in [0.05, 0.1) is 18.2 Å². The fourth-order valence-corrected chi connectivity index (χ4v) is 4.24. The predicted molar refractivity (Wildman–Crippen MR) is 141 cm³/mol. The van der Waals surface area contributed by atoms with Crippen LogP contribution < -0.4 is 10.6 Å². The van der Waals surface area contributed by atoms with Crippen LogP contribution in [-0.4, -0.2) is 61.6 Å². The summed E-state index contributed by atoms with van der Waals surface area (Å²) in [7, 11) is 0. The van der Waals surface area contributed by atoms with Gasteiger partial charge in [-0.2, -0.15) is 0 Å². The molecule has 1 aromatic carbocycles. The molecule has 0 bridgehead atoms. The fourth-order valence-electron chi connectivity index (χ4n) is 4.11. The van der Waals surface area contributed by atoms with Crippen LogP contribution in [0.1, 0.15) is 43.0 Å². The van der Waals surface area contributed by atoms with Crippen molar-refractivity contribution in [2.45, 2.75) is 44.7 Å². The zero-order valence-corrected chi connectivity index (χ0v) is 22.1. The van der Waals surface area contributed by atoms with Crippen molar-refractivity contribution in [3.05, 3.63) is 70.0 Å². The number of nitrogens with zero attached hydrogens (tertiary/aromatic N) is 1. The number of hydrogen-bond acceptors (Lipinski definition) is 4. The number of nitrogens with one attached hydrogen (secondary N) is 2. The normalized spacial score (nSPS) is 21.2. The number of carbonyl (C=O) groups excluding carboxylic acids is 2. The topological polar surface area (TPSA) is 70.7 Å². The van der Waals surface area contributed by atoms with Crippen LogP contribution >= 0.6 is 23.2 Å². The summed E-state index contributed by atoms with van der Waals surface area (Å²) in [6.45, 7) is 8.68. The van der Waals surface area contributed by atoms with E-state index in [4.69, 9.17) is 27.9 Å². The largest absolute Gasteiger partial charge is 0.378 e. The number of morpholine rings is 1. The second-order valence-corrected chi connectivity index (χ2v) is 10.1. The van der Waals surface area contributed by atoms with Crippen molar-refractivity contribution in [3.8, 4) is 0 Å². The average Bonchev–Trinajstić information content (AvgIpc) is 3.66. The first-order valence-corrected chi connectivity index (χ1v) is 13.1. The third-order valence-electron chi connectivity index (χ3n) is 6.40. The number of halogens is 3. The summed E-state index contributed by atoms with van der Waals surface area (Å²) in [5, 5.41) is 7.45. The molecule has 6 nitrogen and oxygen atoms in total. The smallest absolute Gasteiger partial charge is 0.251 e. The summed E-state index contributed by atoms with van der Waals surface area (Å²) in [6, 6.07) is 5.05. The Morgan fingerprint density at radius 2 is 1.89 bits per heavy atom. The second kappa shape index (κ2) is 13.9. The lowest BCUT2D eigenvalue weighted by molar-refractivity contribution is -0.137. The number of allylic oxidation sites excluding steroid dienone is 4. The third kappa shape index (κ3) is 8.73. The first kappa shape index (κ1) is 28.4. The molecule has 1 aromatic rings. The Kier molecular flexibility index (Phi) is 11.0. The molecule has 1 aliphatic heterocycles. The van der Waals surface area contributed by atoms with E-state index in [1.807, 2.05) is 6.08 Å². The van der Waals surface area contributed by atoms with Crippen LogP contribution in [0.5, 0.6) is 0 Å². The molecule has 0 aromatic heterocycles. The van der Waals surface area contributed by atoms with Gasteiger partial charge in [-0.15, -0.1) is 0 Å². The summed E-state index contributed by atoms with van der Waals surface area (Å²) in [5.74, 6) is -0.520. The minimum atomic E-state index is -0.637. The van der Waals surface area contributed by atoms with E-state index in [9.17, 15) is 14.0 Å². The van der Waals surface area contributed by atoms with Crippen molar-refractivity contribution in [2.24, 2.45) is 5.92 Å². The maximum atomic E-state index is 13.2. The summed E-state index contributed by atoms with van der Waals surface area (Å²) < 4.78 is 18.6. The minimum absolute atomic E-state index is 0.105. The van der Waals surface area contributed by atoms with Crippen LogP contribution in [0.2, 0.25) is 0 Å². The van der Waals surface area contributed by atoms with E-state index < -0.39 is 11.9 Å². The monoisotopic (exact) mass is 537 g/mol. The standard InChI is InChI=1S/C27H34Cl2FN3O3/c1-18(6-11-23(29)19(2)28)22-17-25(22)31-12-4-3-5-24(27(35)33-13-15-36-16-14-33)32-26(34)20-7-9-21(30)10-8-20/h6-11,22,24-25,31H,1,3-5,12-17H2,2H3,(H,32,34)/b11-6-,23-19-/t22-,24-,25?/m0/s1. The Labute approximate surface area is 222 Å². The van der Waals surface area contributed by atoms with Gasteiger partial charge < -0.3 is 20.3 Å². The molecule has 1 unspecified atom stereocenters. The van der Waals surface area contributed by atoms with Gasteiger partial charge in [-0.3, -0.25) is 9.59 Å². The highest BCUT2D eigenvalue weighted by atomic mass is 35.5. The number of benzene rings is 1. The van der Waals surface area contributed by atoms with E-state index in [1.165, 1.54) is 24.3 Å².